The first kappa shape index (κ1) is 116. The Hall–Kier alpha value is -14.1. The highest BCUT2D eigenvalue weighted by molar-refractivity contribution is 6.08. The Bertz CT molecular complexity index is 6190. The number of carbonyl (C=O) groups is 13. The van der Waals surface area contributed by atoms with Crippen LogP contribution in [0.15, 0.2) is 176 Å². The number of benzene rings is 9. The van der Waals surface area contributed by atoms with Gasteiger partial charge in [0.15, 0.2) is 40.5 Å². The van der Waals surface area contributed by atoms with Crippen LogP contribution in [0.2, 0.25) is 0 Å². The van der Waals surface area contributed by atoms with Crippen molar-refractivity contribution in [1.29, 1.82) is 0 Å². The number of ether oxygens (including phenoxy) is 8. The van der Waals surface area contributed by atoms with Gasteiger partial charge in [-0.1, -0.05) is 72.3 Å². The number of nitrogens with two attached hydrogens (primary N) is 1. The fraction of sp³-hybridized carbons (Fsp3) is 0.446. The van der Waals surface area contributed by atoms with Gasteiger partial charge in [-0.25, -0.2) is 0 Å². The van der Waals surface area contributed by atoms with E-state index in [0.29, 0.717) is 126 Å². The van der Waals surface area contributed by atoms with Crippen LogP contribution in [0.25, 0.3) is 22.3 Å². The molecule has 27 nitrogen and oxygen atoms in total. The lowest BCUT2D eigenvalue weighted by molar-refractivity contribution is -0.384. The number of nitrogens with zero attached hydrogens (tertiary/aromatic N) is 1. The van der Waals surface area contributed by atoms with E-state index in [4.69, 9.17) is 43.6 Å². The lowest BCUT2D eigenvalue weighted by Gasteiger charge is -2.34. The summed E-state index contributed by atoms with van der Waals surface area (Å²) >= 11 is 0. The second kappa shape index (κ2) is 50.1. The summed E-state index contributed by atoms with van der Waals surface area (Å²) in [5.41, 5.74) is 18.5. The highest BCUT2D eigenvalue weighted by atomic mass is 16.6. The van der Waals surface area contributed by atoms with Crippen molar-refractivity contribution in [1.82, 2.24) is 0 Å². The Kier molecular flexibility index (Phi) is 39.2. The summed E-state index contributed by atoms with van der Waals surface area (Å²) in [5, 5.41) is 29.8. The third kappa shape index (κ3) is 26.7. The zero-order chi connectivity index (χ0) is 109. The molecule has 0 heterocycles. The molecule has 27 heteroatoms. The van der Waals surface area contributed by atoms with Crippen LogP contribution in [0.4, 0.5) is 11.4 Å². The van der Waals surface area contributed by atoms with E-state index in [1.807, 2.05) is 106 Å². The summed E-state index contributed by atoms with van der Waals surface area (Å²) < 4.78 is 41.1. The first-order chi connectivity index (χ1) is 69.9. The number of nitrogen functional groups attached to an aromatic ring is 1. The van der Waals surface area contributed by atoms with Crippen molar-refractivity contribution in [3.63, 3.8) is 0 Å². The van der Waals surface area contributed by atoms with Gasteiger partial charge in [0, 0.05) is 98.7 Å². The third-order valence-corrected chi connectivity index (χ3v) is 29.8. The molecule has 0 radical (unpaired) electrons. The van der Waals surface area contributed by atoms with Crippen molar-refractivity contribution in [2.75, 3.05) is 59.6 Å². The zero-order valence-electron chi connectivity index (χ0n) is 89.4. The van der Waals surface area contributed by atoms with Crippen LogP contribution >= 0.6 is 0 Å². The van der Waals surface area contributed by atoms with Crippen LogP contribution in [-0.4, -0.2) is 145 Å². The summed E-state index contributed by atoms with van der Waals surface area (Å²) in [6, 6.07) is 52.2. The van der Waals surface area contributed by atoms with E-state index >= 15 is 0 Å². The minimum atomic E-state index is -0.873. The number of phenols is 2. The quantitative estimate of drug-likeness (QED) is 0.0176. The van der Waals surface area contributed by atoms with E-state index in [-0.39, 0.29) is 123 Å². The summed E-state index contributed by atoms with van der Waals surface area (Å²) in [7, 11) is 3.26. The van der Waals surface area contributed by atoms with Gasteiger partial charge in [0.05, 0.1) is 91.3 Å². The summed E-state index contributed by atoms with van der Waals surface area (Å²) in [5.74, 6) is -1.83. The molecule has 0 aromatic heterocycles. The number of carbonyl (C=O) groups excluding carboxylic acids is 13. The molecule has 0 spiro atoms. The number of aromatic hydroxyl groups is 2. The molecule has 0 saturated heterocycles. The highest BCUT2D eigenvalue weighted by Gasteiger charge is 2.51. The molecule has 9 aromatic rings. The maximum atomic E-state index is 13.1. The number of rotatable bonds is 23. The van der Waals surface area contributed by atoms with Crippen molar-refractivity contribution < 1.29 is 115 Å². The molecule has 4 N–H and O–H groups in total. The van der Waals surface area contributed by atoms with E-state index < -0.39 is 43.3 Å². The molecule has 6 unspecified atom stereocenters. The summed E-state index contributed by atoms with van der Waals surface area (Å²) in [6.45, 7) is 36.0. The number of aryl methyl sites for hydroxylation is 8. The molecule has 9 aromatic carbocycles. The van der Waals surface area contributed by atoms with E-state index in [9.17, 15) is 82.7 Å². The zero-order valence-corrected chi connectivity index (χ0v) is 89.4. The largest absolute Gasteiger partial charge is 0.508 e. The molecule has 7 aliphatic rings. The number of methoxy groups -OCH3 is 2. The van der Waals surface area contributed by atoms with Gasteiger partial charge in [0.2, 0.25) is 0 Å². The number of esters is 6. The Morgan fingerprint density at radius 2 is 0.547 bits per heavy atom. The van der Waals surface area contributed by atoms with Crippen LogP contribution in [0, 0.1) is 85.0 Å². The second-order valence-corrected chi connectivity index (χ2v) is 41.7. The molecule has 6 atom stereocenters. The second-order valence-electron chi connectivity index (χ2n) is 41.7. The molecule has 0 bridgehead atoms. The van der Waals surface area contributed by atoms with Gasteiger partial charge in [-0.05, 0) is 380 Å². The monoisotopic (exact) mass is 2030 g/mol. The van der Waals surface area contributed by atoms with Gasteiger partial charge in [-0.2, -0.15) is 0 Å². The predicted molar refractivity (Wildman–Crippen MR) is 565 cm³/mol. The molecule has 16 rings (SSSR count). The van der Waals surface area contributed by atoms with Gasteiger partial charge >= 0.3 is 35.8 Å². The van der Waals surface area contributed by atoms with E-state index in [0.717, 1.165) is 127 Å². The van der Waals surface area contributed by atoms with Gasteiger partial charge in [-0.15, -0.1) is 0 Å². The first-order valence-corrected chi connectivity index (χ1v) is 51.2. The number of ketones is 7. The van der Waals surface area contributed by atoms with E-state index in [2.05, 4.69) is 12.1 Å². The van der Waals surface area contributed by atoms with E-state index in [1.54, 1.807) is 180 Å². The minimum absolute atomic E-state index is 0.0250. The summed E-state index contributed by atoms with van der Waals surface area (Å²) in [6.07, 6.45) is 10.9. The SMILES string of the molecule is CCOC(=O)C(C)(C)C1CCc2cc(-c3ccc(N)cc3)ccc2C1=O.CCOC(=O)C(C)(C)C1CCc2cc(-c3ccc([N+](=O)[O-])cc3)ccc2C1=O.CCOC(=O)C(C)(C)C1CCc2cc(C)ccc2C1=O.CCOC(=O)C(C)(C)C1CCc2cc(O)ccc2C1=O.CCOC(=O)C(C)(C)C1CCc2cc(O)ccc2C1=O.CCOC(=O)C(C)(C)C1CCc2cc(OC)ccc2C1=O.COc1ccc2c(c1)CCCC2=O. The summed E-state index contributed by atoms with van der Waals surface area (Å²) in [4.78, 5) is 171. The number of Topliss-reactive ketones (excluding diaryl/α,β-unsaturated/α-hetero) is 7. The number of nitro groups is 1. The van der Waals surface area contributed by atoms with Crippen LogP contribution in [-0.2, 0) is 102 Å². The van der Waals surface area contributed by atoms with Gasteiger partial charge in [-0.3, -0.25) is 72.4 Å². The molecular formula is C121H144N2O25. The number of hydrogen-bond acceptors (Lipinski definition) is 26. The van der Waals surface area contributed by atoms with Crippen molar-refractivity contribution in [3.05, 3.63) is 269 Å². The molecule has 0 aliphatic heterocycles. The molecule has 7 aliphatic carbocycles. The number of nitro benzene ring substituents is 1. The van der Waals surface area contributed by atoms with Crippen LogP contribution in [0.5, 0.6) is 23.0 Å². The van der Waals surface area contributed by atoms with E-state index in [1.165, 1.54) is 29.8 Å². The van der Waals surface area contributed by atoms with Crippen molar-refractivity contribution >= 4 is 87.7 Å². The molecule has 148 heavy (non-hydrogen) atoms. The van der Waals surface area contributed by atoms with Crippen LogP contribution in [0.3, 0.4) is 0 Å². The lowest BCUT2D eigenvalue weighted by atomic mass is 9.68. The smallest absolute Gasteiger partial charge is 0.312 e. The first-order valence-electron chi connectivity index (χ1n) is 51.2. The molecule has 788 valence electrons. The maximum Gasteiger partial charge on any atom is 0.312 e. The van der Waals surface area contributed by atoms with Crippen LogP contribution < -0.4 is 15.2 Å². The maximum absolute atomic E-state index is 13.1. The fourth-order valence-corrected chi connectivity index (χ4v) is 20.6. The lowest BCUT2D eigenvalue weighted by Crippen LogP contribution is -2.41. The average molecular weight is 2030 g/mol. The highest BCUT2D eigenvalue weighted by Crippen LogP contribution is 2.48. The van der Waals surface area contributed by atoms with Crippen molar-refractivity contribution in [2.45, 2.75) is 228 Å². The van der Waals surface area contributed by atoms with Gasteiger partial charge < -0.3 is 53.8 Å². The Labute approximate surface area is 868 Å². The number of fused-ring (bicyclic) bond motifs is 7. The molecule has 0 amide bonds. The molecule has 0 fully saturated rings. The molecular weight excluding hydrogens is 1880 g/mol. The average Bonchev–Trinajstić information content (AvgIpc) is 0.799. The normalized spacial score (nSPS) is 17.5. The number of anilines is 1. The Morgan fingerprint density at radius 1 is 0.311 bits per heavy atom. The van der Waals surface area contributed by atoms with Gasteiger partial charge in [0.25, 0.3) is 5.69 Å². The number of phenolic OH excluding ortho intramolecular Hbond substituents is 2. The topological polar surface area (TPSA) is 405 Å². The third-order valence-electron chi connectivity index (χ3n) is 29.8. The van der Waals surface area contributed by atoms with Crippen molar-refractivity contribution in [3.8, 4) is 45.3 Å². The number of hydrogen-bond donors (Lipinski definition) is 3. The Balaban J connectivity index is 0.000000178. The molecule has 0 saturated carbocycles. The van der Waals surface area contributed by atoms with Crippen molar-refractivity contribution in [2.24, 2.45) is 68.0 Å². The Morgan fingerprint density at radius 3 is 0.831 bits per heavy atom. The minimum Gasteiger partial charge on any atom is -0.508 e. The fourth-order valence-electron chi connectivity index (χ4n) is 20.6. The predicted octanol–water partition coefficient (Wildman–Crippen LogP) is 22.9. The standard InChI is InChI=1S/C22H23NO5.C22H25NO3.C17H22O4.C17H22O3.2C16H20O4.C11H12O2/c1-4-28-21(25)22(2,3)19-12-8-16-13-15(7-11-18(16)20(19)24)14-5-9-17(10-6-14)23(26)27;1-4-26-21(25)22(2,3)19-12-8-16-13-15(7-11-18(16)20(19)24)14-5-9-17(23)10-6-14;1-5-21-16(19)17(2,3)14-9-6-11-10-12(20-4)7-8-13(11)15(14)18;1-5-20-16(19)17(3,4)14-9-7-12-10-11(2)6-8-13(12)15(14)18;2*1-4-20-15(19)16(2,3)13-8-5-10-9-11(17)6-7-12(10)14(13)18;1-13-9-5-6-10-8(7-9)3-2-4-11(10)12/h5-7,9-11,13,19H,4,8,12H2,1-3H3;5-7,9-11,13,19H,4,8,12,23H2,1-3H3;7-8,10,14H,5-6,9H2,1-4H3;6,8,10,14H,5,7,9H2,1-4H3;2*6-7,9,13,17H,4-5,8H2,1-3H3;5-7H,2-4H2,1H3. The van der Waals surface area contributed by atoms with Gasteiger partial charge in [0.1, 0.15) is 23.0 Å². The number of non-ortho nitro benzene ring substituents is 1. The van der Waals surface area contributed by atoms with Crippen LogP contribution in [0.1, 0.15) is 293 Å².